The topological polar surface area (TPSA) is 80.7 Å². The Hall–Kier alpha value is -2.84. The molecule has 0 unspecified atom stereocenters. The third-order valence-electron chi connectivity index (χ3n) is 4.76. The van der Waals surface area contributed by atoms with Crippen LogP contribution in [0, 0.1) is 13.8 Å². The van der Waals surface area contributed by atoms with Crippen molar-refractivity contribution in [2.75, 3.05) is 11.6 Å². The molecule has 4 rings (SSSR count). The van der Waals surface area contributed by atoms with E-state index in [1.165, 1.54) is 11.8 Å². The molecule has 1 N–H and O–H groups in total. The Morgan fingerprint density at radius 3 is 2.50 bits per heavy atom. The second-order valence-electron chi connectivity index (χ2n) is 6.83. The SMILES string of the molecule is CSc1nc(C)c(CCC(=O)Nc2ccc(-c3nc4ccccc4s3)cn2)c(C)n1. The summed E-state index contributed by atoms with van der Waals surface area (Å²) in [6.07, 6.45) is 4.65. The molecule has 1 aromatic carbocycles. The Kier molecular flexibility index (Phi) is 6.06. The Bertz CT molecular complexity index is 1150. The smallest absolute Gasteiger partial charge is 0.225 e. The molecule has 0 fully saturated rings. The van der Waals surface area contributed by atoms with Crippen molar-refractivity contribution in [3.05, 3.63) is 59.5 Å². The van der Waals surface area contributed by atoms with Crippen LogP contribution < -0.4 is 5.32 Å². The van der Waals surface area contributed by atoms with E-state index in [-0.39, 0.29) is 5.91 Å². The molecule has 30 heavy (non-hydrogen) atoms. The van der Waals surface area contributed by atoms with Crippen molar-refractivity contribution < 1.29 is 4.79 Å². The molecule has 0 saturated carbocycles. The van der Waals surface area contributed by atoms with Gasteiger partial charge < -0.3 is 5.32 Å². The maximum Gasteiger partial charge on any atom is 0.225 e. The third-order valence-corrected chi connectivity index (χ3v) is 6.39. The van der Waals surface area contributed by atoms with E-state index in [1.807, 2.05) is 50.4 Å². The number of para-hydroxylation sites is 1. The number of aryl methyl sites for hydroxylation is 2. The number of carbonyl (C=O) groups excluding carboxylic acids is 1. The minimum absolute atomic E-state index is 0.0806. The van der Waals surface area contributed by atoms with Gasteiger partial charge >= 0.3 is 0 Å². The lowest BCUT2D eigenvalue weighted by Crippen LogP contribution is -2.14. The lowest BCUT2D eigenvalue weighted by Gasteiger charge is -2.10. The number of rotatable bonds is 6. The number of hydrogen-bond acceptors (Lipinski definition) is 7. The number of aromatic nitrogens is 4. The van der Waals surface area contributed by atoms with Gasteiger partial charge in [0.25, 0.3) is 0 Å². The van der Waals surface area contributed by atoms with Crippen molar-refractivity contribution in [3.8, 4) is 10.6 Å². The van der Waals surface area contributed by atoms with Gasteiger partial charge in [0.1, 0.15) is 10.8 Å². The zero-order valence-electron chi connectivity index (χ0n) is 17.0. The summed E-state index contributed by atoms with van der Waals surface area (Å²) >= 11 is 3.15. The first-order valence-electron chi connectivity index (χ1n) is 9.53. The molecule has 6 nitrogen and oxygen atoms in total. The van der Waals surface area contributed by atoms with Crippen molar-refractivity contribution in [1.82, 2.24) is 19.9 Å². The summed E-state index contributed by atoms with van der Waals surface area (Å²) < 4.78 is 1.14. The monoisotopic (exact) mass is 435 g/mol. The van der Waals surface area contributed by atoms with Gasteiger partial charge in [-0.1, -0.05) is 23.9 Å². The van der Waals surface area contributed by atoms with Gasteiger partial charge in [0.15, 0.2) is 5.16 Å². The molecule has 8 heteroatoms. The van der Waals surface area contributed by atoms with Gasteiger partial charge in [0, 0.05) is 29.6 Å². The number of carbonyl (C=O) groups is 1. The van der Waals surface area contributed by atoms with Crippen LogP contribution in [0.5, 0.6) is 0 Å². The fourth-order valence-electron chi connectivity index (χ4n) is 3.20. The average Bonchev–Trinajstić information content (AvgIpc) is 3.17. The highest BCUT2D eigenvalue weighted by molar-refractivity contribution is 7.98. The number of benzene rings is 1. The number of nitrogens with one attached hydrogen (secondary N) is 1. The summed E-state index contributed by atoms with van der Waals surface area (Å²) in [4.78, 5) is 30.4. The number of nitrogens with zero attached hydrogens (tertiary/aromatic N) is 4. The number of pyridine rings is 1. The van der Waals surface area contributed by atoms with Gasteiger partial charge in [-0.15, -0.1) is 11.3 Å². The summed E-state index contributed by atoms with van der Waals surface area (Å²) in [6, 6.07) is 11.8. The third kappa shape index (κ3) is 4.49. The number of hydrogen-bond donors (Lipinski definition) is 1. The van der Waals surface area contributed by atoms with E-state index in [9.17, 15) is 4.79 Å². The number of thioether (sulfide) groups is 1. The van der Waals surface area contributed by atoms with Crippen LogP contribution >= 0.6 is 23.1 Å². The normalized spacial score (nSPS) is 11.0. The van der Waals surface area contributed by atoms with Gasteiger partial charge in [0.05, 0.1) is 10.2 Å². The van der Waals surface area contributed by atoms with Gasteiger partial charge in [0.2, 0.25) is 5.91 Å². The molecule has 0 aliphatic carbocycles. The number of fused-ring (bicyclic) bond motifs is 1. The zero-order valence-corrected chi connectivity index (χ0v) is 18.6. The van der Waals surface area contributed by atoms with Crippen molar-refractivity contribution in [2.45, 2.75) is 31.8 Å². The second kappa shape index (κ2) is 8.89. The first-order valence-corrected chi connectivity index (χ1v) is 11.6. The van der Waals surface area contributed by atoms with E-state index in [2.05, 4.69) is 31.3 Å². The second-order valence-corrected chi connectivity index (χ2v) is 8.63. The molecule has 0 radical (unpaired) electrons. The molecule has 1 amide bonds. The molecule has 152 valence electrons. The Balaban J connectivity index is 1.39. The summed E-state index contributed by atoms with van der Waals surface area (Å²) in [7, 11) is 0. The molecule has 0 atom stereocenters. The molecule has 0 aliphatic rings. The highest BCUT2D eigenvalue weighted by atomic mass is 32.2. The van der Waals surface area contributed by atoms with Crippen molar-refractivity contribution >= 4 is 45.0 Å². The van der Waals surface area contributed by atoms with Crippen LogP contribution in [-0.4, -0.2) is 32.1 Å². The standard InChI is InChI=1S/C22H21N5OS2/c1-13-16(14(2)25-22(24-13)29-3)9-11-20(28)27-19-10-8-15(12-23-19)21-26-17-6-4-5-7-18(17)30-21/h4-8,10,12H,9,11H2,1-3H3,(H,23,27,28). The van der Waals surface area contributed by atoms with E-state index in [4.69, 9.17) is 0 Å². The largest absolute Gasteiger partial charge is 0.311 e. The molecule has 0 spiro atoms. The fraction of sp³-hybridized carbons (Fsp3) is 0.227. The summed E-state index contributed by atoms with van der Waals surface area (Å²) in [6.45, 7) is 3.92. The van der Waals surface area contributed by atoms with Gasteiger partial charge in [-0.05, 0) is 56.4 Å². The van der Waals surface area contributed by atoms with E-state index in [1.54, 1.807) is 17.5 Å². The zero-order chi connectivity index (χ0) is 21.1. The average molecular weight is 436 g/mol. The Morgan fingerprint density at radius 1 is 1.07 bits per heavy atom. The van der Waals surface area contributed by atoms with Crippen LogP contribution in [-0.2, 0) is 11.2 Å². The van der Waals surface area contributed by atoms with Crippen LogP contribution in [0.25, 0.3) is 20.8 Å². The maximum atomic E-state index is 12.4. The van der Waals surface area contributed by atoms with Crippen LogP contribution in [0.1, 0.15) is 23.4 Å². The van der Waals surface area contributed by atoms with Gasteiger partial charge in [-0.2, -0.15) is 0 Å². The van der Waals surface area contributed by atoms with Crippen LogP contribution in [0.3, 0.4) is 0 Å². The van der Waals surface area contributed by atoms with Crippen LogP contribution in [0.15, 0.2) is 47.8 Å². The summed E-state index contributed by atoms with van der Waals surface area (Å²) in [5, 5.41) is 4.54. The highest BCUT2D eigenvalue weighted by Crippen LogP contribution is 2.29. The predicted octanol–water partition coefficient (Wildman–Crippen LogP) is 5.06. The fourth-order valence-corrected chi connectivity index (χ4v) is 4.61. The minimum atomic E-state index is -0.0806. The first-order chi connectivity index (χ1) is 14.5. The molecule has 4 aromatic rings. The minimum Gasteiger partial charge on any atom is -0.311 e. The van der Waals surface area contributed by atoms with Crippen LogP contribution in [0.2, 0.25) is 0 Å². The van der Waals surface area contributed by atoms with E-state index in [0.29, 0.717) is 18.7 Å². The van der Waals surface area contributed by atoms with Crippen molar-refractivity contribution in [2.24, 2.45) is 0 Å². The molecule has 3 heterocycles. The Labute approximate surface area is 183 Å². The lowest BCUT2D eigenvalue weighted by atomic mass is 10.1. The number of thiazole rings is 1. The number of anilines is 1. The molecule has 0 bridgehead atoms. The van der Waals surface area contributed by atoms with Crippen molar-refractivity contribution in [3.63, 3.8) is 0 Å². The summed E-state index contributed by atoms with van der Waals surface area (Å²) in [5.41, 5.74) is 4.81. The van der Waals surface area contributed by atoms with E-state index in [0.717, 1.165) is 42.9 Å². The molecular weight excluding hydrogens is 414 g/mol. The quantitative estimate of drug-likeness (QED) is 0.337. The van der Waals surface area contributed by atoms with E-state index < -0.39 is 0 Å². The first kappa shape index (κ1) is 20.4. The summed E-state index contributed by atoms with van der Waals surface area (Å²) in [5.74, 6) is 0.454. The molecule has 0 aliphatic heterocycles. The molecular formula is C22H21N5OS2. The van der Waals surface area contributed by atoms with Gasteiger partial charge in [-0.3, -0.25) is 4.79 Å². The maximum absolute atomic E-state index is 12.4. The predicted molar refractivity (Wildman–Crippen MR) is 123 cm³/mol. The van der Waals surface area contributed by atoms with Crippen LogP contribution in [0.4, 0.5) is 5.82 Å². The number of amides is 1. The van der Waals surface area contributed by atoms with E-state index >= 15 is 0 Å². The molecule has 0 saturated heterocycles. The highest BCUT2D eigenvalue weighted by Gasteiger charge is 2.12. The lowest BCUT2D eigenvalue weighted by molar-refractivity contribution is -0.116. The molecule has 3 aromatic heterocycles. The van der Waals surface area contributed by atoms with Crippen molar-refractivity contribution in [1.29, 1.82) is 0 Å². The Morgan fingerprint density at radius 2 is 1.83 bits per heavy atom. The van der Waals surface area contributed by atoms with Gasteiger partial charge in [-0.25, -0.2) is 19.9 Å².